The van der Waals surface area contributed by atoms with Gasteiger partial charge in [-0.05, 0) is 34.1 Å². The van der Waals surface area contributed by atoms with Crippen molar-refractivity contribution in [2.75, 3.05) is 13.1 Å². The number of hydrogen-bond donors (Lipinski definition) is 0. The molecular formula is C14H12Br2FN3O. The Morgan fingerprint density at radius 1 is 1.33 bits per heavy atom. The molecule has 1 saturated heterocycles. The fourth-order valence-corrected chi connectivity index (χ4v) is 3.05. The first-order valence-corrected chi connectivity index (χ1v) is 8.04. The zero-order valence-electron chi connectivity index (χ0n) is 11.0. The summed E-state index contributed by atoms with van der Waals surface area (Å²) in [6.07, 6.45) is 3.64. The number of benzene rings is 1. The normalized spacial score (nSPS) is 15.1. The second-order valence-corrected chi connectivity index (χ2v) is 6.91. The number of carbonyl (C=O) groups is 1. The summed E-state index contributed by atoms with van der Waals surface area (Å²) in [6, 6.07) is 4.50. The van der Waals surface area contributed by atoms with Gasteiger partial charge < -0.3 is 4.90 Å². The molecule has 1 aliphatic rings. The highest BCUT2D eigenvalue weighted by Crippen LogP contribution is 2.23. The summed E-state index contributed by atoms with van der Waals surface area (Å²) in [5.41, 5.74) is 0.124. The summed E-state index contributed by atoms with van der Waals surface area (Å²) in [5.74, 6) is -0.383. The Labute approximate surface area is 138 Å². The van der Waals surface area contributed by atoms with E-state index in [-0.39, 0.29) is 11.5 Å². The Bertz CT molecular complexity index is 683. The number of carbonyl (C=O) groups excluding carboxylic acids is 1. The zero-order valence-corrected chi connectivity index (χ0v) is 14.1. The second kappa shape index (κ2) is 5.88. The van der Waals surface area contributed by atoms with E-state index in [1.807, 2.05) is 10.9 Å². The topological polar surface area (TPSA) is 38.1 Å². The van der Waals surface area contributed by atoms with Gasteiger partial charge in [0.2, 0.25) is 0 Å². The van der Waals surface area contributed by atoms with E-state index in [1.165, 1.54) is 12.1 Å². The van der Waals surface area contributed by atoms with Gasteiger partial charge in [-0.1, -0.05) is 15.9 Å². The van der Waals surface area contributed by atoms with Crippen molar-refractivity contribution in [1.82, 2.24) is 14.7 Å². The van der Waals surface area contributed by atoms with E-state index < -0.39 is 5.82 Å². The molecule has 0 atom stereocenters. The Morgan fingerprint density at radius 2 is 2.10 bits per heavy atom. The molecule has 21 heavy (non-hydrogen) atoms. The van der Waals surface area contributed by atoms with Gasteiger partial charge in [0, 0.05) is 36.2 Å². The molecule has 1 aliphatic heterocycles. The van der Waals surface area contributed by atoms with E-state index in [1.54, 1.807) is 17.2 Å². The van der Waals surface area contributed by atoms with E-state index in [9.17, 15) is 9.18 Å². The highest BCUT2D eigenvalue weighted by atomic mass is 79.9. The summed E-state index contributed by atoms with van der Waals surface area (Å²) in [4.78, 5) is 13.9. The highest BCUT2D eigenvalue weighted by Gasteiger charge is 2.32. The molecule has 2 aromatic rings. The minimum Gasteiger partial charge on any atom is -0.338 e. The quantitative estimate of drug-likeness (QED) is 0.769. The van der Waals surface area contributed by atoms with Crippen molar-refractivity contribution >= 4 is 37.8 Å². The SMILES string of the molecule is O=C(c1ccc(Br)cc1F)N1CC(Cn2cc(Br)cn2)C1. The van der Waals surface area contributed by atoms with E-state index in [4.69, 9.17) is 0 Å². The molecule has 2 heterocycles. The van der Waals surface area contributed by atoms with Gasteiger partial charge in [0.1, 0.15) is 5.82 Å². The maximum atomic E-state index is 13.8. The number of halogens is 3. The fraction of sp³-hybridized carbons (Fsp3) is 0.286. The van der Waals surface area contributed by atoms with Crippen molar-refractivity contribution in [1.29, 1.82) is 0 Å². The predicted molar refractivity (Wildman–Crippen MR) is 83.4 cm³/mol. The van der Waals surface area contributed by atoms with Crippen LogP contribution in [0, 0.1) is 11.7 Å². The second-order valence-electron chi connectivity index (χ2n) is 5.08. The van der Waals surface area contributed by atoms with Gasteiger partial charge in [-0.3, -0.25) is 9.48 Å². The molecular weight excluding hydrogens is 405 g/mol. The van der Waals surface area contributed by atoms with Crippen molar-refractivity contribution < 1.29 is 9.18 Å². The van der Waals surface area contributed by atoms with Gasteiger partial charge >= 0.3 is 0 Å². The van der Waals surface area contributed by atoms with Crippen LogP contribution in [0.5, 0.6) is 0 Å². The molecule has 0 bridgehead atoms. The molecule has 1 aromatic heterocycles. The molecule has 110 valence electrons. The molecule has 1 aromatic carbocycles. The van der Waals surface area contributed by atoms with E-state index >= 15 is 0 Å². The third-order valence-corrected chi connectivity index (χ3v) is 4.36. The largest absolute Gasteiger partial charge is 0.338 e. The average molecular weight is 417 g/mol. The highest BCUT2D eigenvalue weighted by molar-refractivity contribution is 9.10. The number of amides is 1. The van der Waals surface area contributed by atoms with Crippen molar-refractivity contribution in [3.05, 3.63) is 50.9 Å². The molecule has 0 spiro atoms. The van der Waals surface area contributed by atoms with Gasteiger partial charge in [-0.15, -0.1) is 0 Å². The lowest BCUT2D eigenvalue weighted by Crippen LogP contribution is -2.51. The van der Waals surface area contributed by atoms with Crippen molar-refractivity contribution in [3.8, 4) is 0 Å². The molecule has 0 radical (unpaired) electrons. The van der Waals surface area contributed by atoms with Gasteiger partial charge in [0.15, 0.2) is 0 Å². The lowest BCUT2D eigenvalue weighted by Gasteiger charge is -2.39. The van der Waals surface area contributed by atoms with E-state index in [2.05, 4.69) is 37.0 Å². The number of aromatic nitrogens is 2. The third kappa shape index (κ3) is 3.18. The van der Waals surface area contributed by atoms with Crippen molar-refractivity contribution in [2.45, 2.75) is 6.54 Å². The van der Waals surface area contributed by atoms with Crippen LogP contribution >= 0.6 is 31.9 Å². The van der Waals surface area contributed by atoms with Gasteiger partial charge in [-0.2, -0.15) is 5.10 Å². The minimum atomic E-state index is -0.492. The Morgan fingerprint density at radius 3 is 2.71 bits per heavy atom. The first kappa shape index (κ1) is 14.7. The number of rotatable bonds is 3. The molecule has 3 rings (SSSR count). The summed E-state index contributed by atoms with van der Waals surface area (Å²) in [5, 5.41) is 4.19. The number of likely N-dealkylation sites (tertiary alicyclic amines) is 1. The summed E-state index contributed by atoms with van der Waals surface area (Å²) in [7, 11) is 0. The van der Waals surface area contributed by atoms with Crippen LogP contribution in [0.1, 0.15) is 10.4 Å². The van der Waals surface area contributed by atoms with Crippen LogP contribution in [-0.2, 0) is 6.54 Å². The number of hydrogen-bond acceptors (Lipinski definition) is 2. The van der Waals surface area contributed by atoms with E-state index in [0.29, 0.717) is 23.5 Å². The third-order valence-electron chi connectivity index (χ3n) is 3.45. The first-order chi connectivity index (χ1) is 10.0. The maximum Gasteiger partial charge on any atom is 0.256 e. The molecule has 7 heteroatoms. The van der Waals surface area contributed by atoms with Crippen LogP contribution in [0.2, 0.25) is 0 Å². The van der Waals surface area contributed by atoms with Crippen LogP contribution in [0.25, 0.3) is 0 Å². The zero-order chi connectivity index (χ0) is 15.0. The van der Waals surface area contributed by atoms with Crippen LogP contribution in [0.3, 0.4) is 0 Å². The lowest BCUT2D eigenvalue weighted by molar-refractivity contribution is 0.0457. The van der Waals surface area contributed by atoms with Gasteiger partial charge in [-0.25, -0.2) is 4.39 Å². The number of nitrogens with zero attached hydrogens (tertiary/aromatic N) is 3. The molecule has 0 saturated carbocycles. The van der Waals surface area contributed by atoms with Crippen LogP contribution in [-0.4, -0.2) is 33.7 Å². The van der Waals surface area contributed by atoms with Crippen LogP contribution in [0.4, 0.5) is 4.39 Å². The van der Waals surface area contributed by atoms with Gasteiger partial charge in [0.05, 0.1) is 16.2 Å². The Hall–Kier alpha value is -1.21. The molecule has 1 fully saturated rings. The standard InChI is InChI=1S/C14H12Br2FN3O/c15-10-1-2-12(13(17)3-10)14(21)19-5-9(6-19)7-20-8-11(16)4-18-20/h1-4,8-9H,5-7H2. The van der Waals surface area contributed by atoms with Gasteiger partial charge in [0.25, 0.3) is 5.91 Å². The summed E-state index contributed by atoms with van der Waals surface area (Å²) < 4.78 is 17.2. The molecule has 1 amide bonds. The van der Waals surface area contributed by atoms with Crippen LogP contribution in [0.15, 0.2) is 39.5 Å². The molecule has 0 unspecified atom stereocenters. The summed E-state index contributed by atoms with van der Waals surface area (Å²) >= 11 is 6.53. The summed E-state index contributed by atoms with van der Waals surface area (Å²) in [6.45, 7) is 2.02. The monoisotopic (exact) mass is 415 g/mol. The first-order valence-electron chi connectivity index (χ1n) is 6.45. The Kier molecular flexibility index (Phi) is 4.12. The fourth-order valence-electron chi connectivity index (χ4n) is 2.39. The lowest BCUT2D eigenvalue weighted by atomic mass is 9.99. The smallest absolute Gasteiger partial charge is 0.256 e. The average Bonchev–Trinajstić information content (AvgIpc) is 2.78. The predicted octanol–water partition coefficient (Wildman–Crippen LogP) is 3.32. The van der Waals surface area contributed by atoms with Crippen molar-refractivity contribution in [2.24, 2.45) is 5.92 Å². The minimum absolute atomic E-state index is 0.124. The van der Waals surface area contributed by atoms with Crippen LogP contribution < -0.4 is 0 Å². The molecule has 0 aliphatic carbocycles. The molecule has 4 nitrogen and oxygen atoms in total. The van der Waals surface area contributed by atoms with E-state index in [0.717, 1.165) is 11.0 Å². The maximum absolute atomic E-state index is 13.8. The Balaban J connectivity index is 1.59. The molecule has 0 N–H and O–H groups in total. The van der Waals surface area contributed by atoms with Crippen molar-refractivity contribution in [3.63, 3.8) is 0 Å².